The second kappa shape index (κ2) is 7.23. The fourth-order valence-corrected chi connectivity index (χ4v) is 4.15. The Morgan fingerprint density at radius 1 is 1.22 bits per heavy atom. The molecule has 23 heavy (non-hydrogen) atoms. The van der Waals surface area contributed by atoms with Crippen LogP contribution in [0.5, 0.6) is 5.75 Å². The Bertz CT molecular complexity index is 812. The molecule has 3 nitrogen and oxygen atoms in total. The maximum atomic E-state index is 12.2. The van der Waals surface area contributed by atoms with Gasteiger partial charge in [0.1, 0.15) is 15.8 Å². The molecular weight excluding hydrogens is 326 g/mol. The van der Waals surface area contributed by atoms with E-state index in [0.29, 0.717) is 5.70 Å². The zero-order valence-corrected chi connectivity index (χ0v) is 14.7. The molecule has 0 radical (unpaired) electrons. The van der Waals surface area contributed by atoms with Crippen LogP contribution in [0, 0.1) is 0 Å². The van der Waals surface area contributed by atoms with Gasteiger partial charge in [-0.05, 0) is 47.0 Å². The summed E-state index contributed by atoms with van der Waals surface area (Å²) in [5.74, 6) is 1.82. The highest BCUT2D eigenvalue weighted by atomic mass is 32.2. The molecular formula is C18H17NO2S2. The molecule has 0 bridgehead atoms. The lowest BCUT2D eigenvalue weighted by atomic mass is 10.0. The van der Waals surface area contributed by atoms with Crippen molar-refractivity contribution in [3.05, 3.63) is 47.7 Å². The van der Waals surface area contributed by atoms with Gasteiger partial charge in [-0.15, -0.1) is 0 Å². The standard InChI is InChI=1S/C18H17NO2S2/c1-3-10-22-18-19-15(17(20)23-18)11-12-8-9-16(21-2)14-7-5-4-6-13(12)14/h4-9,11H,3,10H2,1-2H3/b15-11-. The van der Waals surface area contributed by atoms with Gasteiger partial charge in [-0.3, -0.25) is 4.79 Å². The van der Waals surface area contributed by atoms with Crippen LogP contribution >= 0.6 is 23.5 Å². The molecule has 2 aromatic rings. The van der Waals surface area contributed by atoms with Gasteiger partial charge in [0.05, 0.1) is 7.11 Å². The second-order valence-corrected chi connectivity index (χ2v) is 7.35. The molecule has 118 valence electrons. The van der Waals surface area contributed by atoms with Crippen LogP contribution in [0.1, 0.15) is 18.9 Å². The molecule has 0 saturated carbocycles. The Labute approximate surface area is 144 Å². The predicted octanol–water partition coefficient (Wildman–Crippen LogP) is 4.96. The number of carbonyl (C=O) groups excluding carboxylic acids is 1. The molecule has 0 fully saturated rings. The first-order chi connectivity index (χ1) is 11.2. The molecule has 2 aromatic carbocycles. The Kier molecular flexibility index (Phi) is 5.08. The van der Waals surface area contributed by atoms with Crippen molar-refractivity contribution < 1.29 is 9.53 Å². The molecule has 0 N–H and O–H groups in total. The van der Waals surface area contributed by atoms with Crippen molar-refractivity contribution in [2.45, 2.75) is 13.3 Å². The van der Waals surface area contributed by atoms with E-state index in [4.69, 9.17) is 4.74 Å². The normalized spacial score (nSPS) is 16.2. The van der Waals surface area contributed by atoms with E-state index in [9.17, 15) is 4.79 Å². The fourth-order valence-electron chi connectivity index (χ4n) is 2.39. The number of methoxy groups -OCH3 is 1. The van der Waals surface area contributed by atoms with Gasteiger partial charge >= 0.3 is 0 Å². The first kappa shape index (κ1) is 16.1. The topological polar surface area (TPSA) is 38.7 Å². The van der Waals surface area contributed by atoms with E-state index in [-0.39, 0.29) is 5.12 Å². The maximum absolute atomic E-state index is 12.2. The molecule has 1 heterocycles. The number of nitrogens with zero attached hydrogens (tertiary/aromatic N) is 1. The lowest BCUT2D eigenvalue weighted by Crippen LogP contribution is -1.90. The number of ether oxygens (including phenoxy) is 1. The smallest absolute Gasteiger partial charge is 0.244 e. The zero-order chi connectivity index (χ0) is 16.2. The summed E-state index contributed by atoms with van der Waals surface area (Å²) in [6.45, 7) is 2.12. The molecule has 0 spiro atoms. The summed E-state index contributed by atoms with van der Waals surface area (Å²) in [5, 5.41) is 2.11. The van der Waals surface area contributed by atoms with Crippen LogP contribution in [0.3, 0.4) is 0 Å². The van der Waals surface area contributed by atoms with Crippen molar-refractivity contribution in [3.63, 3.8) is 0 Å². The predicted molar refractivity (Wildman–Crippen MR) is 101 cm³/mol. The Morgan fingerprint density at radius 2 is 2.00 bits per heavy atom. The lowest BCUT2D eigenvalue weighted by molar-refractivity contribution is -0.107. The SMILES string of the molecule is CCCSC1=N/C(=C\c2ccc(OC)c3ccccc23)C(=O)S1. The molecule has 5 heteroatoms. The average Bonchev–Trinajstić information content (AvgIpc) is 2.93. The van der Waals surface area contributed by atoms with Crippen LogP contribution in [0.4, 0.5) is 0 Å². The second-order valence-electron chi connectivity index (χ2n) is 5.05. The van der Waals surface area contributed by atoms with Gasteiger partial charge in [0.25, 0.3) is 0 Å². The van der Waals surface area contributed by atoms with Gasteiger partial charge in [0, 0.05) is 5.39 Å². The first-order valence-electron chi connectivity index (χ1n) is 7.44. The summed E-state index contributed by atoms with van der Waals surface area (Å²) in [7, 11) is 1.67. The van der Waals surface area contributed by atoms with Crippen LogP contribution < -0.4 is 4.74 Å². The Balaban J connectivity index is 2.01. The number of benzene rings is 2. The summed E-state index contributed by atoms with van der Waals surface area (Å²) in [6, 6.07) is 11.9. The maximum Gasteiger partial charge on any atom is 0.244 e. The van der Waals surface area contributed by atoms with E-state index in [2.05, 4.69) is 11.9 Å². The lowest BCUT2D eigenvalue weighted by Gasteiger charge is -2.08. The van der Waals surface area contributed by atoms with Crippen molar-refractivity contribution >= 4 is 49.9 Å². The number of aliphatic imine (C=N–C) groups is 1. The fraction of sp³-hybridized carbons (Fsp3) is 0.222. The van der Waals surface area contributed by atoms with E-state index in [0.717, 1.165) is 38.6 Å². The van der Waals surface area contributed by atoms with Crippen molar-refractivity contribution in [2.75, 3.05) is 12.9 Å². The van der Waals surface area contributed by atoms with Gasteiger partial charge in [0.2, 0.25) is 5.12 Å². The van der Waals surface area contributed by atoms with E-state index in [1.165, 1.54) is 11.8 Å². The van der Waals surface area contributed by atoms with E-state index in [1.807, 2.05) is 42.5 Å². The van der Waals surface area contributed by atoms with Crippen molar-refractivity contribution in [1.29, 1.82) is 0 Å². The van der Waals surface area contributed by atoms with Gasteiger partial charge in [0.15, 0.2) is 0 Å². The molecule has 1 aliphatic rings. The van der Waals surface area contributed by atoms with Gasteiger partial charge in [-0.25, -0.2) is 4.99 Å². The van der Waals surface area contributed by atoms with Gasteiger partial charge in [-0.1, -0.05) is 49.0 Å². The minimum absolute atomic E-state index is 0.0171. The van der Waals surface area contributed by atoms with E-state index in [1.54, 1.807) is 18.9 Å². The third-order valence-electron chi connectivity index (χ3n) is 3.46. The third-order valence-corrected chi connectivity index (χ3v) is 5.68. The van der Waals surface area contributed by atoms with Gasteiger partial charge in [-0.2, -0.15) is 0 Å². The summed E-state index contributed by atoms with van der Waals surface area (Å²) in [5.41, 5.74) is 1.50. The Morgan fingerprint density at radius 3 is 2.74 bits per heavy atom. The van der Waals surface area contributed by atoms with Crippen LogP contribution in [-0.2, 0) is 4.79 Å². The van der Waals surface area contributed by atoms with Crippen LogP contribution in [0.25, 0.3) is 16.8 Å². The summed E-state index contributed by atoms with van der Waals surface area (Å²) in [6.07, 6.45) is 2.94. The highest BCUT2D eigenvalue weighted by molar-refractivity contribution is 8.45. The number of hydrogen-bond acceptors (Lipinski definition) is 5. The number of carbonyl (C=O) groups is 1. The summed E-state index contributed by atoms with van der Waals surface area (Å²) in [4.78, 5) is 16.6. The van der Waals surface area contributed by atoms with Crippen molar-refractivity contribution in [2.24, 2.45) is 4.99 Å². The first-order valence-corrected chi connectivity index (χ1v) is 9.24. The van der Waals surface area contributed by atoms with E-state index >= 15 is 0 Å². The average molecular weight is 343 g/mol. The van der Waals surface area contributed by atoms with Crippen LogP contribution in [-0.4, -0.2) is 22.4 Å². The molecule has 0 aromatic heterocycles. The van der Waals surface area contributed by atoms with Crippen LogP contribution in [0.2, 0.25) is 0 Å². The zero-order valence-electron chi connectivity index (χ0n) is 13.0. The largest absolute Gasteiger partial charge is 0.496 e. The molecule has 0 atom stereocenters. The number of rotatable bonds is 4. The Hall–Kier alpha value is -1.72. The molecule has 0 saturated heterocycles. The number of hydrogen-bond donors (Lipinski definition) is 0. The molecule has 0 amide bonds. The highest BCUT2D eigenvalue weighted by Crippen LogP contribution is 2.34. The highest BCUT2D eigenvalue weighted by Gasteiger charge is 2.22. The van der Waals surface area contributed by atoms with Crippen molar-refractivity contribution in [1.82, 2.24) is 0 Å². The third kappa shape index (κ3) is 3.46. The molecule has 0 aliphatic carbocycles. The van der Waals surface area contributed by atoms with Crippen molar-refractivity contribution in [3.8, 4) is 5.75 Å². The minimum atomic E-state index is 0.0171. The molecule has 0 unspecified atom stereocenters. The minimum Gasteiger partial charge on any atom is -0.496 e. The van der Waals surface area contributed by atoms with Gasteiger partial charge < -0.3 is 4.74 Å². The van der Waals surface area contributed by atoms with Crippen LogP contribution in [0.15, 0.2) is 47.1 Å². The molecule has 1 aliphatic heterocycles. The van der Waals surface area contributed by atoms with E-state index < -0.39 is 0 Å². The quantitative estimate of drug-likeness (QED) is 0.735. The summed E-state index contributed by atoms with van der Waals surface area (Å²) < 4.78 is 6.26. The number of fused-ring (bicyclic) bond motifs is 1. The number of thioether (sulfide) groups is 2. The summed E-state index contributed by atoms with van der Waals surface area (Å²) >= 11 is 2.87. The monoisotopic (exact) mass is 343 g/mol. The molecule has 3 rings (SSSR count).